The van der Waals surface area contributed by atoms with Crippen LogP contribution in [0.25, 0.3) is 5.73 Å². The second kappa shape index (κ2) is 13.1. The fourth-order valence-electron chi connectivity index (χ4n) is 3.76. The number of carbonyl (C=O) groups is 2. The fraction of sp³-hybridized carbons (Fsp3) is 0.310. The van der Waals surface area contributed by atoms with Crippen LogP contribution in [0.2, 0.25) is 0 Å². The fourth-order valence-corrected chi connectivity index (χ4v) is 3.76. The molecular weight excluding hydrogens is 495 g/mol. The second-order valence-corrected chi connectivity index (χ2v) is 9.43. The van der Waals surface area contributed by atoms with Gasteiger partial charge in [0.25, 0.3) is 0 Å². The molecule has 38 heavy (non-hydrogen) atoms. The first-order valence-corrected chi connectivity index (χ1v) is 12.3. The molecule has 6 nitrogen and oxygen atoms in total. The van der Waals surface area contributed by atoms with E-state index in [2.05, 4.69) is 10.6 Å². The van der Waals surface area contributed by atoms with Crippen LogP contribution in [0.5, 0.6) is 5.75 Å². The van der Waals surface area contributed by atoms with Crippen molar-refractivity contribution in [3.8, 4) is 5.75 Å². The summed E-state index contributed by atoms with van der Waals surface area (Å²) >= 11 is 0. The van der Waals surface area contributed by atoms with Crippen LogP contribution >= 0.6 is 0 Å². The standard InChI is InChI=1S/C29H31F3N3O3/c1-19(2)15-25(33)27(36)35-26(28(37)34-23-10-6-9-22(17-23)29(30,31)32)16-20-11-13-24(14-12-20)38-18-21-7-4-3-5-8-21/h3-14,17,19,25-26,33H,15-16,18H2,1-2H3,(H,34,37)(H,35,36)/q-1. The van der Waals surface area contributed by atoms with Crippen LogP contribution < -0.4 is 15.4 Å². The molecule has 9 heteroatoms. The topological polar surface area (TPSA) is 91.2 Å². The molecule has 0 aliphatic heterocycles. The summed E-state index contributed by atoms with van der Waals surface area (Å²) < 4.78 is 45.1. The molecule has 3 N–H and O–H groups in total. The minimum absolute atomic E-state index is 0.0432. The lowest BCUT2D eigenvalue weighted by Gasteiger charge is -2.25. The van der Waals surface area contributed by atoms with Gasteiger partial charge in [-0.05, 0) is 47.4 Å². The molecule has 3 aromatic rings. The minimum atomic E-state index is -4.56. The third-order valence-corrected chi connectivity index (χ3v) is 5.73. The molecule has 2 atom stereocenters. The van der Waals surface area contributed by atoms with Crippen molar-refractivity contribution in [3.05, 3.63) is 101 Å². The van der Waals surface area contributed by atoms with Gasteiger partial charge in [-0.1, -0.05) is 74.8 Å². The van der Waals surface area contributed by atoms with Crippen molar-refractivity contribution in [3.63, 3.8) is 0 Å². The number of rotatable bonds is 11. The van der Waals surface area contributed by atoms with Gasteiger partial charge in [0, 0.05) is 12.1 Å². The first kappa shape index (κ1) is 28.7. The van der Waals surface area contributed by atoms with Crippen LogP contribution in [0.15, 0.2) is 78.9 Å². The van der Waals surface area contributed by atoms with Gasteiger partial charge in [-0.3, -0.25) is 9.59 Å². The minimum Gasteiger partial charge on any atom is -0.667 e. The van der Waals surface area contributed by atoms with E-state index in [0.29, 0.717) is 24.3 Å². The zero-order valence-electron chi connectivity index (χ0n) is 21.2. The molecule has 2 amide bonds. The Balaban J connectivity index is 1.72. The summed E-state index contributed by atoms with van der Waals surface area (Å²) in [6.45, 7) is 4.15. The van der Waals surface area contributed by atoms with Crippen molar-refractivity contribution < 1.29 is 27.5 Å². The van der Waals surface area contributed by atoms with Crippen LogP contribution in [0.3, 0.4) is 0 Å². The van der Waals surface area contributed by atoms with E-state index in [9.17, 15) is 22.8 Å². The van der Waals surface area contributed by atoms with Crippen LogP contribution in [-0.2, 0) is 28.8 Å². The number of benzene rings is 3. The van der Waals surface area contributed by atoms with Gasteiger partial charge in [0.1, 0.15) is 18.4 Å². The lowest BCUT2D eigenvalue weighted by molar-refractivity contribution is -0.137. The molecular formula is C29H31F3N3O3-. The number of carbonyl (C=O) groups excluding carboxylic acids is 2. The molecule has 3 aromatic carbocycles. The van der Waals surface area contributed by atoms with Crippen molar-refractivity contribution in [2.45, 2.75) is 51.6 Å². The summed E-state index contributed by atoms with van der Waals surface area (Å²) in [5.41, 5.74) is 8.87. The number of hydrogen-bond donors (Lipinski definition) is 2. The molecule has 0 aromatic heterocycles. The summed E-state index contributed by atoms with van der Waals surface area (Å²) in [7, 11) is 0. The predicted molar refractivity (Wildman–Crippen MR) is 140 cm³/mol. The maximum atomic E-state index is 13.1. The van der Waals surface area contributed by atoms with E-state index >= 15 is 0 Å². The number of amides is 2. The summed E-state index contributed by atoms with van der Waals surface area (Å²) in [5.74, 6) is -0.580. The van der Waals surface area contributed by atoms with Gasteiger partial charge in [0.2, 0.25) is 11.8 Å². The average Bonchev–Trinajstić information content (AvgIpc) is 2.87. The highest BCUT2D eigenvalue weighted by atomic mass is 19.4. The highest BCUT2D eigenvalue weighted by molar-refractivity contribution is 5.98. The zero-order valence-corrected chi connectivity index (χ0v) is 21.2. The lowest BCUT2D eigenvalue weighted by atomic mass is 10.0. The van der Waals surface area contributed by atoms with Crippen LogP contribution in [0.4, 0.5) is 18.9 Å². The molecule has 2 unspecified atom stereocenters. The van der Waals surface area contributed by atoms with Crippen molar-refractivity contribution >= 4 is 17.5 Å². The monoisotopic (exact) mass is 526 g/mol. The molecule has 0 bridgehead atoms. The highest BCUT2D eigenvalue weighted by Gasteiger charge is 2.31. The maximum absolute atomic E-state index is 13.1. The second-order valence-electron chi connectivity index (χ2n) is 9.43. The van der Waals surface area contributed by atoms with Crippen molar-refractivity contribution in [1.82, 2.24) is 5.32 Å². The number of alkyl halides is 3. The molecule has 0 radical (unpaired) electrons. The average molecular weight is 527 g/mol. The number of ether oxygens (including phenoxy) is 1. The van der Waals surface area contributed by atoms with E-state index in [1.165, 1.54) is 12.1 Å². The highest BCUT2D eigenvalue weighted by Crippen LogP contribution is 2.30. The van der Waals surface area contributed by atoms with Gasteiger partial charge in [-0.25, -0.2) is 0 Å². The third-order valence-electron chi connectivity index (χ3n) is 5.73. The number of halogens is 3. The smallest absolute Gasteiger partial charge is 0.416 e. The Bertz CT molecular complexity index is 1200. The number of hydrogen-bond acceptors (Lipinski definition) is 3. The van der Waals surface area contributed by atoms with Crippen LogP contribution in [0.1, 0.15) is 37.0 Å². The summed E-state index contributed by atoms with van der Waals surface area (Å²) in [5, 5.41) is 5.07. The van der Waals surface area contributed by atoms with Gasteiger partial charge < -0.3 is 21.1 Å². The molecule has 0 heterocycles. The molecule has 0 aliphatic rings. The van der Waals surface area contributed by atoms with Gasteiger partial charge in [0.05, 0.1) is 5.56 Å². The van der Waals surface area contributed by atoms with Crippen molar-refractivity contribution in [1.29, 1.82) is 0 Å². The summed E-state index contributed by atoms with van der Waals surface area (Å²) in [6, 6.07) is 18.8. The summed E-state index contributed by atoms with van der Waals surface area (Å²) in [6.07, 6.45) is -4.18. The first-order chi connectivity index (χ1) is 18.0. The van der Waals surface area contributed by atoms with E-state index in [4.69, 9.17) is 10.5 Å². The Labute approximate surface area is 220 Å². The maximum Gasteiger partial charge on any atom is 0.416 e. The molecule has 0 aliphatic carbocycles. The van der Waals surface area contributed by atoms with Crippen LogP contribution in [0, 0.1) is 5.92 Å². The SMILES string of the molecule is CC(C)CC([NH-])C(=O)NC(Cc1ccc(OCc2ccccc2)cc1)C(=O)Nc1cccc(C(F)(F)F)c1. The normalized spacial score (nSPS) is 13.0. The van der Waals surface area contributed by atoms with Gasteiger partial charge in [-0.15, -0.1) is 0 Å². The Morgan fingerprint density at radius 3 is 2.21 bits per heavy atom. The Morgan fingerprint density at radius 2 is 1.58 bits per heavy atom. The third kappa shape index (κ3) is 8.92. The van der Waals surface area contributed by atoms with E-state index in [1.54, 1.807) is 24.3 Å². The van der Waals surface area contributed by atoms with E-state index in [-0.39, 0.29) is 18.0 Å². The Kier molecular flexibility index (Phi) is 9.90. The number of anilines is 1. The van der Waals surface area contributed by atoms with Gasteiger partial charge in [-0.2, -0.15) is 13.2 Å². The zero-order chi connectivity index (χ0) is 27.7. The van der Waals surface area contributed by atoms with Gasteiger partial charge >= 0.3 is 6.18 Å². The molecule has 202 valence electrons. The van der Waals surface area contributed by atoms with Crippen molar-refractivity contribution in [2.24, 2.45) is 5.92 Å². The largest absolute Gasteiger partial charge is 0.667 e. The lowest BCUT2D eigenvalue weighted by Crippen LogP contribution is -2.48. The van der Waals surface area contributed by atoms with E-state index in [0.717, 1.165) is 17.7 Å². The van der Waals surface area contributed by atoms with Crippen LogP contribution in [-0.4, -0.2) is 23.9 Å². The predicted octanol–water partition coefficient (Wildman–Crippen LogP) is 6.42. The van der Waals surface area contributed by atoms with E-state index in [1.807, 2.05) is 44.2 Å². The van der Waals surface area contributed by atoms with E-state index < -0.39 is 35.6 Å². The number of nitrogens with one attached hydrogen (secondary N) is 3. The summed E-state index contributed by atoms with van der Waals surface area (Å²) in [4.78, 5) is 25.7. The van der Waals surface area contributed by atoms with Gasteiger partial charge in [0.15, 0.2) is 0 Å². The molecule has 0 saturated carbocycles. The Hall–Kier alpha value is -3.85. The molecule has 0 fully saturated rings. The van der Waals surface area contributed by atoms with Crippen molar-refractivity contribution in [2.75, 3.05) is 5.32 Å². The molecule has 0 saturated heterocycles. The molecule has 3 rings (SSSR count). The first-order valence-electron chi connectivity index (χ1n) is 12.3. The quantitative estimate of drug-likeness (QED) is 0.302. The Morgan fingerprint density at radius 1 is 0.895 bits per heavy atom. The molecule has 0 spiro atoms.